The van der Waals surface area contributed by atoms with Crippen LogP contribution < -0.4 is 0 Å². The molecule has 0 spiro atoms. The summed E-state index contributed by atoms with van der Waals surface area (Å²) in [5, 5.41) is 8.72. The molecule has 0 saturated carbocycles. The van der Waals surface area contributed by atoms with E-state index in [9.17, 15) is 9.59 Å². The molecule has 5 heteroatoms. The lowest BCUT2D eigenvalue weighted by Gasteiger charge is -2.06. The van der Waals surface area contributed by atoms with Crippen molar-refractivity contribution in [1.82, 2.24) is 0 Å². The highest BCUT2D eigenvalue weighted by Crippen LogP contribution is 2.23. The van der Waals surface area contributed by atoms with Gasteiger partial charge in [0, 0.05) is 10.0 Å². The zero-order chi connectivity index (χ0) is 12.1. The molecule has 0 radical (unpaired) electrons. The number of hydrogen-bond acceptors (Lipinski definition) is 4. The molecule has 82 valence electrons. The van der Waals surface area contributed by atoms with Gasteiger partial charge in [0.05, 0.1) is 25.2 Å². The maximum atomic E-state index is 11.1. The van der Waals surface area contributed by atoms with Crippen LogP contribution in [0.1, 0.15) is 21.5 Å². The molecule has 1 rings (SSSR count). The van der Waals surface area contributed by atoms with Crippen LogP contribution in [0.4, 0.5) is 0 Å². The van der Waals surface area contributed by atoms with Crippen LogP contribution in [-0.2, 0) is 16.0 Å². The van der Waals surface area contributed by atoms with E-state index in [4.69, 9.17) is 5.26 Å². The van der Waals surface area contributed by atoms with Crippen LogP contribution >= 0.6 is 15.9 Å². The summed E-state index contributed by atoms with van der Waals surface area (Å²) in [6, 6.07) is 4.93. The first-order valence-electron chi connectivity index (χ1n) is 4.37. The Morgan fingerprint density at radius 1 is 1.62 bits per heavy atom. The Bertz CT molecular complexity index is 477. The molecule has 0 bridgehead atoms. The van der Waals surface area contributed by atoms with Gasteiger partial charge >= 0.3 is 5.97 Å². The highest BCUT2D eigenvalue weighted by molar-refractivity contribution is 9.10. The Labute approximate surface area is 101 Å². The van der Waals surface area contributed by atoms with Crippen molar-refractivity contribution < 1.29 is 14.3 Å². The summed E-state index contributed by atoms with van der Waals surface area (Å²) in [6.07, 6.45) is 0.612. The number of carbonyl (C=O) groups is 2. The largest absolute Gasteiger partial charge is 0.469 e. The summed E-state index contributed by atoms with van der Waals surface area (Å²) in [4.78, 5) is 22.0. The normalized spacial score (nSPS) is 9.31. The van der Waals surface area contributed by atoms with E-state index in [1.165, 1.54) is 13.2 Å². The monoisotopic (exact) mass is 281 g/mol. The standard InChI is InChI=1S/C11H8BrNO3/c1-16-11(15)4-9-8(6-14)2-7(5-13)3-10(9)12/h2-3,6H,4H2,1H3. The van der Waals surface area contributed by atoms with E-state index in [1.807, 2.05) is 6.07 Å². The minimum Gasteiger partial charge on any atom is -0.469 e. The molecule has 0 aliphatic carbocycles. The first kappa shape index (κ1) is 12.4. The molecule has 0 heterocycles. The second kappa shape index (κ2) is 5.42. The van der Waals surface area contributed by atoms with Gasteiger partial charge in [-0.25, -0.2) is 0 Å². The van der Waals surface area contributed by atoms with Crippen LogP contribution in [0.15, 0.2) is 16.6 Å². The number of hydrogen-bond donors (Lipinski definition) is 0. The topological polar surface area (TPSA) is 67.2 Å². The van der Waals surface area contributed by atoms with Gasteiger partial charge in [-0.3, -0.25) is 9.59 Å². The lowest BCUT2D eigenvalue weighted by molar-refractivity contribution is -0.139. The number of benzene rings is 1. The highest BCUT2D eigenvalue weighted by Gasteiger charge is 2.13. The van der Waals surface area contributed by atoms with E-state index in [2.05, 4.69) is 20.7 Å². The second-order valence-electron chi connectivity index (χ2n) is 3.01. The van der Waals surface area contributed by atoms with Crippen LogP contribution in [-0.4, -0.2) is 19.4 Å². The van der Waals surface area contributed by atoms with Crippen molar-refractivity contribution >= 4 is 28.2 Å². The predicted molar refractivity (Wildman–Crippen MR) is 60.0 cm³/mol. The molecule has 0 atom stereocenters. The molecule has 1 aromatic rings. The number of aldehydes is 1. The Balaban J connectivity index is 3.22. The van der Waals surface area contributed by atoms with Crippen molar-refractivity contribution in [3.8, 4) is 6.07 Å². The minimum atomic E-state index is -0.437. The molecule has 16 heavy (non-hydrogen) atoms. The number of nitrogens with zero attached hydrogens (tertiary/aromatic N) is 1. The molecule has 1 aromatic carbocycles. The first-order chi connectivity index (χ1) is 7.62. The fourth-order valence-electron chi connectivity index (χ4n) is 1.23. The second-order valence-corrected chi connectivity index (χ2v) is 3.86. The fourth-order valence-corrected chi connectivity index (χ4v) is 1.85. The van der Waals surface area contributed by atoms with Gasteiger partial charge in [0.25, 0.3) is 0 Å². The number of carbonyl (C=O) groups excluding carboxylic acids is 2. The maximum Gasteiger partial charge on any atom is 0.310 e. The number of halogens is 1. The van der Waals surface area contributed by atoms with Crippen molar-refractivity contribution in [2.24, 2.45) is 0 Å². The molecule has 0 aromatic heterocycles. The van der Waals surface area contributed by atoms with Crippen molar-refractivity contribution in [2.45, 2.75) is 6.42 Å². The molecule has 0 saturated heterocycles. The third-order valence-electron chi connectivity index (χ3n) is 2.03. The van der Waals surface area contributed by atoms with Gasteiger partial charge in [-0.05, 0) is 17.7 Å². The van der Waals surface area contributed by atoms with Crippen molar-refractivity contribution in [3.05, 3.63) is 33.3 Å². The van der Waals surface area contributed by atoms with E-state index >= 15 is 0 Å². The molecule has 0 unspecified atom stereocenters. The zero-order valence-electron chi connectivity index (χ0n) is 8.49. The van der Waals surface area contributed by atoms with Crippen LogP contribution in [0.5, 0.6) is 0 Å². The zero-order valence-corrected chi connectivity index (χ0v) is 10.1. The molecular formula is C11H8BrNO3. The summed E-state index contributed by atoms with van der Waals surface area (Å²) in [5.74, 6) is -0.437. The van der Waals surface area contributed by atoms with Gasteiger partial charge in [-0.1, -0.05) is 15.9 Å². The van der Waals surface area contributed by atoms with Crippen LogP contribution in [0, 0.1) is 11.3 Å². The summed E-state index contributed by atoms with van der Waals surface area (Å²) in [6.45, 7) is 0. The number of nitriles is 1. The SMILES string of the molecule is COC(=O)Cc1c(Br)cc(C#N)cc1C=O. The highest BCUT2D eigenvalue weighted by atomic mass is 79.9. The predicted octanol–water partition coefficient (Wildman–Crippen LogP) is 1.85. The van der Waals surface area contributed by atoms with E-state index in [0.717, 1.165) is 0 Å². The average Bonchev–Trinajstić information content (AvgIpc) is 2.30. The molecule has 0 aliphatic heterocycles. The number of ether oxygens (including phenoxy) is 1. The Morgan fingerprint density at radius 2 is 2.31 bits per heavy atom. The van der Waals surface area contributed by atoms with E-state index in [-0.39, 0.29) is 6.42 Å². The third-order valence-corrected chi connectivity index (χ3v) is 2.74. The summed E-state index contributed by atoms with van der Waals surface area (Å²) in [5.41, 5.74) is 1.21. The lowest BCUT2D eigenvalue weighted by Crippen LogP contribution is -2.07. The van der Waals surface area contributed by atoms with E-state index in [1.54, 1.807) is 6.07 Å². The number of methoxy groups -OCH3 is 1. The quantitative estimate of drug-likeness (QED) is 0.626. The summed E-state index contributed by atoms with van der Waals surface area (Å²) in [7, 11) is 1.28. The van der Waals surface area contributed by atoms with Crippen molar-refractivity contribution in [3.63, 3.8) is 0 Å². The van der Waals surface area contributed by atoms with Crippen LogP contribution in [0.25, 0.3) is 0 Å². The van der Waals surface area contributed by atoms with Gasteiger partial charge < -0.3 is 4.74 Å². The van der Waals surface area contributed by atoms with Gasteiger partial charge in [-0.15, -0.1) is 0 Å². The number of rotatable bonds is 3. The van der Waals surface area contributed by atoms with Crippen LogP contribution in [0.2, 0.25) is 0 Å². The first-order valence-corrected chi connectivity index (χ1v) is 5.16. The van der Waals surface area contributed by atoms with Gasteiger partial charge in [0.2, 0.25) is 0 Å². The smallest absolute Gasteiger partial charge is 0.310 e. The fraction of sp³-hybridized carbons (Fsp3) is 0.182. The molecule has 0 fully saturated rings. The third kappa shape index (κ3) is 2.67. The number of esters is 1. The molecular weight excluding hydrogens is 274 g/mol. The molecule has 4 nitrogen and oxygen atoms in total. The van der Waals surface area contributed by atoms with Gasteiger partial charge in [0.15, 0.2) is 0 Å². The molecule has 0 N–H and O–H groups in total. The minimum absolute atomic E-state index is 0.00311. The Hall–Kier alpha value is -1.67. The summed E-state index contributed by atoms with van der Waals surface area (Å²) >= 11 is 3.22. The van der Waals surface area contributed by atoms with Gasteiger partial charge in [0.1, 0.15) is 6.29 Å². The van der Waals surface area contributed by atoms with Crippen molar-refractivity contribution in [1.29, 1.82) is 5.26 Å². The van der Waals surface area contributed by atoms with E-state index < -0.39 is 5.97 Å². The van der Waals surface area contributed by atoms with Crippen LogP contribution in [0.3, 0.4) is 0 Å². The average molecular weight is 282 g/mol. The van der Waals surface area contributed by atoms with Gasteiger partial charge in [-0.2, -0.15) is 5.26 Å². The molecule has 0 amide bonds. The molecule has 0 aliphatic rings. The maximum absolute atomic E-state index is 11.1. The Morgan fingerprint density at radius 3 is 2.81 bits per heavy atom. The lowest BCUT2D eigenvalue weighted by atomic mass is 10.0. The Kier molecular flexibility index (Phi) is 4.20. The van der Waals surface area contributed by atoms with E-state index in [0.29, 0.717) is 27.4 Å². The summed E-state index contributed by atoms with van der Waals surface area (Å²) < 4.78 is 5.08. The van der Waals surface area contributed by atoms with Crippen molar-refractivity contribution in [2.75, 3.05) is 7.11 Å².